The zero-order chi connectivity index (χ0) is 19.2. The van der Waals surface area contributed by atoms with Gasteiger partial charge in [0.05, 0.1) is 10.0 Å². The first-order valence-corrected chi connectivity index (χ1v) is 10.6. The lowest BCUT2D eigenvalue weighted by atomic mass is 9.89. The number of nitrogens with one attached hydrogen (secondary N) is 1. The number of anilines is 1. The smallest absolute Gasteiger partial charge is 0.254 e. The van der Waals surface area contributed by atoms with Crippen molar-refractivity contribution in [1.29, 1.82) is 0 Å². The van der Waals surface area contributed by atoms with Gasteiger partial charge in [-0.15, -0.1) is 11.3 Å². The number of halogens is 2. The molecule has 1 N–H and O–H groups in total. The topological polar surface area (TPSA) is 62.3 Å². The molecule has 0 spiro atoms. The van der Waals surface area contributed by atoms with Gasteiger partial charge in [0, 0.05) is 23.7 Å². The standard InChI is InChI=1S/C19H21Cl2N3O2S/c20-15-7-6-14(10-16(15)21)18(26)24(11-13-4-2-1-3-5-13)12-17(25)23-19-22-8-9-27-19/h6-10,13H,1-5,11-12H2,(H,22,23,25). The van der Waals surface area contributed by atoms with E-state index in [2.05, 4.69) is 10.3 Å². The molecule has 0 atom stereocenters. The summed E-state index contributed by atoms with van der Waals surface area (Å²) in [5.74, 6) is -0.0549. The molecule has 1 aliphatic carbocycles. The first-order chi connectivity index (χ1) is 13.0. The first-order valence-electron chi connectivity index (χ1n) is 8.96. The van der Waals surface area contributed by atoms with Gasteiger partial charge in [0.1, 0.15) is 6.54 Å². The van der Waals surface area contributed by atoms with Crippen molar-refractivity contribution in [3.8, 4) is 0 Å². The molecule has 3 rings (SSSR count). The Morgan fingerprint density at radius 2 is 1.96 bits per heavy atom. The Hall–Kier alpha value is -1.63. The van der Waals surface area contributed by atoms with E-state index >= 15 is 0 Å². The van der Waals surface area contributed by atoms with E-state index in [0.29, 0.717) is 33.2 Å². The van der Waals surface area contributed by atoms with Gasteiger partial charge in [0.2, 0.25) is 5.91 Å². The molecule has 2 aromatic rings. The van der Waals surface area contributed by atoms with Crippen LogP contribution in [0.1, 0.15) is 42.5 Å². The molecule has 1 fully saturated rings. The van der Waals surface area contributed by atoms with Crippen LogP contribution >= 0.6 is 34.5 Å². The van der Waals surface area contributed by atoms with Crippen LogP contribution in [-0.4, -0.2) is 34.8 Å². The maximum Gasteiger partial charge on any atom is 0.254 e. The van der Waals surface area contributed by atoms with E-state index in [1.165, 1.54) is 30.6 Å². The van der Waals surface area contributed by atoms with Crippen LogP contribution in [-0.2, 0) is 4.79 Å². The summed E-state index contributed by atoms with van der Waals surface area (Å²) in [7, 11) is 0. The van der Waals surface area contributed by atoms with Crippen LogP contribution in [0.2, 0.25) is 10.0 Å². The van der Waals surface area contributed by atoms with E-state index in [0.717, 1.165) is 12.8 Å². The number of carbonyl (C=O) groups excluding carboxylic acids is 2. The molecule has 1 aliphatic rings. The molecule has 5 nitrogen and oxygen atoms in total. The normalized spacial score (nSPS) is 14.7. The zero-order valence-corrected chi connectivity index (χ0v) is 17.1. The number of thiazole rings is 1. The molecule has 1 saturated carbocycles. The monoisotopic (exact) mass is 425 g/mol. The van der Waals surface area contributed by atoms with E-state index in [4.69, 9.17) is 23.2 Å². The quantitative estimate of drug-likeness (QED) is 0.698. The van der Waals surface area contributed by atoms with Gasteiger partial charge in [-0.1, -0.05) is 42.5 Å². The average molecular weight is 426 g/mol. The van der Waals surface area contributed by atoms with E-state index in [1.54, 1.807) is 34.7 Å². The SMILES string of the molecule is O=C(CN(CC1CCCCC1)C(=O)c1ccc(Cl)c(Cl)c1)Nc1nccs1. The molecule has 8 heteroatoms. The number of carbonyl (C=O) groups is 2. The van der Waals surface area contributed by atoms with Crippen LogP contribution in [0.5, 0.6) is 0 Å². The Labute approximate surface area is 172 Å². The molecule has 1 heterocycles. The third-order valence-electron chi connectivity index (χ3n) is 4.67. The van der Waals surface area contributed by atoms with Gasteiger partial charge in [-0.25, -0.2) is 4.98 Å². The summed E-state index contributed by atoms with van der Waals surface area (Å²) >= 11 is 13.4. The van der Waals surface area contributed by atoms with Crippen molar-refractivity contribution in [3.05, 3.63) is 45.4 Å². The van der Waals surface area contributed by atoms with Gasteiger partial charge < -0.3 is 10.2 Å². The minimum Gasteiger partial charge on any atom is -0.329 e. The highest BCUT2D eigenvalue weighted by Crippen LogP contribution is 2.26. The second-order valence-electron chi connectivity index (χ2n) is 6.70. The summed E-state index contributed by atoms with van der Waals surface area (Å²) in [4.78, 5) is 31.1. The van der Waals surface area contributed by atoms with E-state index in [-0.39, 0.29) is 18.4 Å². The van der Waals surface area contributed by atoms with Crippen molar-refractivity contribution in [2.45, 2.75) is 32.1 Å². The highest BCUT2D eigenvalue weighted by molar-refractivity contribution is 7.13. The van der Waals surface area contributed by atoms with Crippen molar-refractivity contribution in [2.75, 3.05) is 18.4 Å². The summed E-state index contributed by atoms with van der Waals surface area (Å²) in [6.07, 6.45) is 7.37. The van der Waals surface area contributed by atoms with Crippen LogP contribution < -0.4 is 5.32 Å². The van der Waals surface area contributed by atoms with Crippen molar-refractivity contribution < 1.29 is 9.59 Å². The van der Waals surface area contributed by atoms with Crippen LogP contribution in [0.4, 0.5) is 5.13 Å². The minimum atomic E-state index is -0.255. The maximum atomic E-state index is 13.1. The summed E-state index contributed by atoms with van der Waals surface area (Å²) in [6.45, 7) is 0.541. The predicted molar refractivity (Wildman–Crippen MR) is 110 cm³/mol. The third-order valence-corrected chi connectivity index (χ3v) is 6.10. The molecular formula is C19H21Cl2N3O2S. The van der Waals surface area contributed by atoms with Crippen molar-refractivity contribution >= 4 is 51.5 Å². The average Bonchev–Trinajstić information content (AvgIpc) is 3.16. The maximum absolute atomic E-state index is 13.1. The Kier molecular flexibility index (Phi) is 7.10. The minimum absolute atomic E-state index is 0.0187. The molecule has 1 aromatic carbocycles. The summed E-state index contributed by atoms with van der Waals surface area (Å²) in [5.41, 5.74) is 0.433. The van der Waals surface area contributed by atoms with Crippen molar-refractivity contribution in [1.82, 2.24) is 9.88 Å². The number of rotatable bonds is 6. The van der Waals surface area contributed by atoms with Crippen molar-refractivity contribution in [2.24, 2.45) is 5.92 Å². The molecule has 0 bridgehead atoms. The lowest BCUT2D eigenvalue weighted by molar-refractivity contribution is -0.117. The molecule has 0 unspecified atom stereocenters. The Morgan fingerprint density at radius 1 is 1.19 bits per heavy atom. The molecule has 0 aliphatic heterocycles. The van der Waals surface area contributed by atoms with Crippen LogP contribution in [0.25, 0.3) is 0 Å². The van der Waals surface area contributed by atoms with Gasteiger partial charge in [0.15, 0.2) is 5.13 Å². The molecule has 0 saturated heterocycles. The fourth-order valence-electron chi connectivity index (χ4n) is 3.33. The Bertz CT molecular complexity index is 792. The van der Waals surface area contributed by atoms with Gasteiger partial charge >= 0.3 is 0 Å². The molecule has 1 aromatic heterocycles. The molecule has 0 radical (unpaired) electrons. The van der Waals surface area contributed by atoms with Crippen molar-refractivity contribution in [3.63, 3.8) is 0 Å². The molecular weight excluding hydrogens is 405 g/mol. The summed E-state index contributed by atoms with van der Waals surface area (Å²) in [5, 5.41) is 5.78. The van der Waals surface area contributed by atoms with E-state index < -0.39 is 0 Å². The summed E-state index contributed by atoms with van der Waals surface area (Å²) in [6, 6.07) is 4.80. The van der Waals surface area contributed by atoms with Gasteiger partial charge in [0.25, 0.3) is 5.91 Å². The molecule has 27 heavy (non-hydrogen) atoms. The second-order valence-corrected chi connectivity index (χ2v) is 8.41. The van der Waals surface area contributed by atoms with Gasteiger partial charge in [-0.05, 0) is 37.0 Å². The number of benzene rings is 1. The van der Waals surface area contributed by atoms with Gasteiger partial charge in [-0.2, -0.15) is 0 Å². The number of hydrogen-bond donors (Lipinski definition) is 1. The summed E-state index contributed by atoms with van der Waals surface area (Å²) < 4.78 is 0. The number of amides is 2. The van der Waals surface area contributed by atoms with Crippen LogP contribution in [0.3, 0.4) is 0 Å². The predicted octanol–water partition coefficient (Wildman–Crippen LogP) is 5.11. The van der Waals surface area contributed by atoms with E-state index in [9.17, 15) is 9.59 Å². The van der Waals surface area contributed by atoms with Crippen LogP contribution in [0, 0.1) is 5.92 Å². The zero-order valence-electron chi connectivity index (χ0n) is 14.8. The molecule has 2 amide bonds. The second kappa shape index (κ2) is 9.53. The fraction of sp³-hybridized carbons (Fsp3) is 0.421. The number of hydrogen-bond acceptors (Lipinski definition) is 4. The molecule has 144 valence electrons. The lowest BCUT2D eigenvalue weighted by Crippen LogP contribution is -2.41. The van der Waals surface area contributed by atoms with Gasteiger partial charge in [-0.3, -0.25) is 9.59 Å². The Morgan fingerprint density at radius 3 is 2.63 bits per heavy atom. The number of nitrogens with zero attached hydrogens (tertiary/aromatic N) is 2. The fourth-order valence-corrected chi connectivity index (χ4v) is 4.17. The highest BCUT2D eigenvalue weighted by atomic mass is 35.5. The largest absolute Gasteiger partial charge is 0.329 e. The number of aromatic nitrogens is 1. The first kappa shape index (κ1) is 20.1. The Balaban J connectivity index is 1.73. The van der Waals surface area contributed by atoms with Crippen LogP contribution in [0.15, 0.2) is 29.8 Å². The third kappa shape index (κ3) is 5.67. The highest BCUT2D eigenvalue weighted by Gasteiger charge is 2.24. The lowest BCUT2D eigenvalue weighted by Gasteiger charge is -2.29. The van der Waals surface area contributed by atoms with E-state index in [1.807, 2.05) is 0 Å².